The van der Waals surface area contributed by atoms with Gasteiger partial charge in [-0.25, -0.2) is 4.57 Å². The van der Waals surface area contributed by atoms with Gasteiger partial charge in [0.15, 0.2) is 6.61 Å². The lowest BCUT2D eigenvalue weighted by Crippen LogP contribution is -2.23. The van der Waals surface area contributed by atoms with Crippen LogP contribution in [0.2, 0.25) is 0 Å². The number of benzene rings is 1. The lowest BCUT2D eigenvalue weighted by atomic mass is 10.2. The molecule has 30 heavy (non-hydrogen) atoms. The normalized spacial score (nSPS) is 11.5. The summed E-state index contributed by atoms with van der Waals surface area (Å²) >= 11 is 0. The van der Waals surface area contributed by atoms with Crippen molar-refractivity contribution in [3.05, 3.63) is 53.1 Å². The van der Waals surface area contributed by atoms with Crippen LogP contribution in [0.4, 0.5) is 13.2 Å². The number of aromatic nitrogens is 4. The molecule has 0 unspecified atom stereocenters. The van der Waals surface area contributed by atoms with Gasteiger partial charge in [0.2, 0.25) is 0 Å². The smallest absolute Gasteiger partial charge is 0.422 e. The van der Waals surface area contributed by atoms with Crippen molar-refractivity contribution in [1.82, 2.24) is 19.3 Å². The van der Waals surface area contributed by atoms with Gasteiger partial charge in [-0.05, 0) is 24.3 Å². The van der Waals surface area contributed by atoms with Crippen molar-refractivity contribution >= 4 is 0 Å². The third-order valence-electron chi connectivity index (χ3n) is 3.90. The van der Waals surface area contributed by atoms with Crippen LogP contribution in [0.25, 0.3) is 16.9 Å². The lowest BCUT2D eigenvalue weighted by Gasteiger charge is -2.14. The molecular weight excluding hydrogens is 405 g/mol. The lowest BCUT2D eigenvalue weighted by molar-refractivity contribution is -0.153. The molecule has 8 nitrogen and oxygen atoms in total. The predicted octanol–water partition coefficient (Wildman–Crippen LogP) is 2.60. The summed E-state index contributed by atoms with van der Waals surface area (Å²) in [5.41, 5.74) is 0.938. The summed E-state index contributed by atoms with van der Waals surface area (Å²) in [6.45, 7) is -0.984. The van der Waals surface area contributed by atoms with Crippen LogP contribution in [-0.2, 0) is 11.8 Å². The van der Waals surface area contributed by atoms with Crippen LogP contribution in [-0.4, -0.2) is 52.4 Å². The number of aryl methyl sites for hydroxylation is 1. The van der Waals surface area contributed by atoms with E-state index in [4.69, 9.17) is 14.2 Å². The number of methoxy groups -OCH3 is 1. The average Bonchev–Trinajstić information content (AvgIpc) is 3.13. The Kier molecular flexibility index (Phi) is 6.40. The Morgan fingerprint density at radius 3 is 2.43 bits per heavy atom. The number of hydrogen-bond donors (Lipinski definition) is 0. The molecule has 0 saturated heterocycles. The third-order valence-corrected chi connectivity index (χ3v) is 3.90. The molecule has 0 amide bonds. The molecule has 2 heterocycles. The van der Waals surface area contributed by atoms with Gasteiger partial charge in [-0.2, -0.15) is 23.3 Å². The molecule has 160 valence electrons. The molecule has 11 heteroatoms. The zero-order valence-corrected chi connectivity index (χ0v) is 16.2. The maximum Gasteiger partial charge on any atom is 0.422 e. The van der Waals surface area contributed by atoms with E-state index in [1.54, 1.807) is 24.1 Å². The summed E-state index contributed by atoms with van der Waals surface area (Å²) < 4.78 is 55.0. The highest BCUT2D eigenvalue weighted by atomic mass is 19.4. The fourth-order valence-corrected chi connectivity index (χ4v) is 2.57. The Labute approximate surface area is 169 Å². The minimum absolute atomic E-state index is 0.0161. The maximum atomic E-state index is 12.8. The molecule has 0 aliphatic rings. The van der Waals surface area contributed by atoms with Gasteiger partial charge in [0.25, 0.3) is 5.56 Å². The van der Waals surface area contributed by atoms with E-state index >= 15 is 0 Å². The summed E-state index contributed by atoms with van der Waals surface area (Å²) in [6, 6.07) is 6.91. The number of halogens is 3. The number of hydrogen-bond acceptors (Lipinski definition) is 6. The van der Waals surface area contributed by atoms with Gasteiger partial charge in [0.05, 0.1) is 24.2 Å². The van der Waals surface area contributed by atoms with E-state index in [0.29, 0.717) is 16.9 Å². The van der Waals surface area contributed by atoms with Gasteiger partial charge >= 0.3 is 12.2 Å². The van der Waals surface area contributed by atoms with Gasteiger partial charge in [0, 0.05) is 32.0 Å². The number of nitrogens with zero attached hydrogens (tertiary/aromatic N) is 4. The molecule has 3 aromatic rings. The van der Waals surface area contributed by atoms with Crippen molar-refractivity contribution in [1.29, 1.82) is 0 Å². The first kappa shape index (κ1) is 21.4. The molecule has 1 aromatic carbocycles. The highest BCUT2D eigenvalue weighted by molar-refractivity contribution is 5.57. The fraction of sp³-hybridized carbons (Fsp3) is 0.316. The van der Waals surface area contributed by atoms with E-state index in [2.05, 4.69) is 10.1 Å². The van der Waals surface area contributed by atoms with Crippen LogP contribution in [0.15, 0.2) is 47.5 Å². The minimum Gasteiger partial charge on any atom is -0.484 e. The van der Waals surface area contributed by atoms with E-state index in [1.165, 1.54) is 42.0 Å². The predicted molar refractivity (Wildman–Crippen MR) is 101 cm³/mol. The molecular formula is C19H19F3N4O4. The summed E-state index contributed by atoms with van der Waals surface area (Å²) in [6.07, 6.45) is -1.17. The molecule has 0 bridgehead atoms. The molecule has 0 aliphatic carbocycles. The number of ether oxygens (including phenoxy) is 3. The highest BCUT2D eigenvalue weighted by Gasteiger charge is 2.28. The zero-order chi connectivity index (χ0) is 21.7. The molecule has 2 aromatic heterocycles. The molecule has 0 saturated carbocycles. The van der Waals surface area contributed by atoms with Gasteiger partial charge in [-0.3, -0.25) is 9.48 Å². The SMILES string of the molecule is COCCOc1nc(-c2cnn(C)c2)cc(=O)n1-c1ccc(OCC(F)(F)F)cc1. The second-order valence-corrected chi connectivity index (χ2v) is 6.24. The standard InChI is InChI=1S/C19H19F3N4O4/c1-25-11-13(10-23-25)16-9-17(27)26(18(24-16)29-8-7-28-2)14-3-5-15(6-4-14)30-12-19(20,21)22/h3-6,9-11H,7-8,12H2,1-2H3. The van der Waals surface area contributed by atoms with E-state index in [0.717, 1.165) is 0 Å². The quantitative estimate of drug-likeness (QED) is 0.517. The van der Waals surface area contributed by atoms with Crippen molar-refractivity contribution in [2.24, 2.45) is 7.05 Å². The highest BCUT2D eigenvalue weighted by Crippen LogP contribution is 2.23. The largest absolute Gasteiger partial charge is 0.484 e. The Morgan fingerprint density at radius 2 is 1.83 bits per heavy atom. The van der Waals surface area contributed by atoms with Gasteiger partial charge in [0.1, 0.15) is 12.4 Å². The Bertz CT molecular complexity index is 1050. The van der Waals surface area contributed by atoms with Gasteiger partial charge in [-0.15, -0.1) is 0 Å². The van der Waals surface area contributed by atoms with Crippen molar-refractivity contribution in [3.63, 3.8) is 0 Å². The van der Waals surface area contributed by atoms with Gasteiger partial charge < -0.3 is 14.2 Å². The van der Waals surface area contributed by atoms with E-state index < -0.39 is 18.3 Å². The van der Waals surface area contributed by atoms with Crippen LogP contribution < -0.4 is 15.0 Å². The minimum atomic E-state index is -4.44. The van der Waals surface area contributed by atoms with Crippen LogP contribution >= 0.6 is 0 Å². The third kappa shape index (κ3) is 5.38. The van der Waals surface area contributed by atoms with E-state index in [9.17, 15) is 18.0 Å². The van der Waals surface area contributed by atoms with Crippen molar-refractivity contribution < 1.29 is 27.4 Å². The van der Waals surface area contributed by atoms with Crippen LogP contribution in [0.1, 0.15) is 0 Å². The summed E-state index contributed by atoms with van der Waals surface area (Å²) in [7, 11) is 3.25. The molecule has 0 spiro atoms. The molecule has 0 radical (unpaired) electrons. The zero-order valence-electron chi connectivity index (χ0n) is 16.2. The van der Waals surface area contributed by atoms with Crippen LogP contribution in [0.3, 0.4) is 0 Å². The van der Waals surface area contributed by atoms with Gasteiger partial charge in [-0.1, -0.05) is 0 Å². The molecule has 0 aliphatic heterocycles. The van der Waals surface area contributed by atoms with Crippen molar-refractivity contribution in [2.75, 3.05) is 26.9 Å². The summed E-state index contributed by atoms with van der Waals surface area (Å²) in [5.74, 6) is 0.0194. The first-order valence-electron chi connectivity index (χ1n) is 8.81. The Morgan fingerprint density at radius 1 is 1.10 bits per heavy atom. The first-order valence-corrected chi connectivity index (χ1v) is 8.81. The second-order valence-electron chi connectivity index (χ2n) is 6.24. The maximum absolute atomic E-state index is 12.8. The molecule has 3 rings (SSSR count). The first-order chi connectivity index (χ1) is 14.3. The van der Waals surface area contributed by atoms with E-state index in [-0.39, 0.29) is 25.0 Å². The Hall–Kier alpha value is -3.34. The van der Waals surface area contributed by atoms with E-state index in [1.807, 2.05) is 0 Å². The molecule has 0 fully saturated rings. The number of rotatable bonds is 8. The number of alkyl halides is 3. The summed E-state index contributed by atoms with van der Waals surface area (Å²) in [5, 5.41) is 4.07. The topological polar surface area (TPSA) is 80.4 Å². The average molecular weight is 424 g/mol. The second kappa shape index (κ2) is 8.99. The van der Waals surface area contributed by atoms with Crippen LogP contribution in [0, 0.1) is 0 Å². The van der Waals surface area contributed by atoms with Crippen molar-refractivity contribution in [2.45, 2.75) is 6.18 Å². The fourth-order valence-electron chi connectivity index (χ4n) is 2.57. The summed E-state index contributed by atoms with van der Waals surface area (Å²) in [4.78, 5) is 17.2. The molecule has 0 atom stereocenters. The monoisotopic (exact) mass is 424 g/mol. The van der Waals surface area contributed by atoms with Crippen molar-refractivity contribution in [3.8, 4) is 28.7 Å². The Balaban J connectivity index is 1.95. The molecule has 0 N–H and O–H groups in total. The van der Waals surface area contributed by atoms with Crippen LogP contribution in [0.5, 0.6) is 11.8 Å².